The number of halogens is 1. The second kappa shape index (κ2) is 5.50. The molecule has 0 aliphatic carbocycles. The molecule has 4 nitrogen and oxygen atoms in total. The number of rotatable bonds is 3. The van der Waals surface area contributed by atoms with E-state index in [9.17, 15) is 4.79 Å². The number of carbonyl (C=O) groups is 1. The predicted octanol–water partition coefficient (Wildman–Crippen LogP) is 1.85. The summed E-state index contributed by atoms with van der Waals surface area (Å²) in [5, 5.41) is 9.05. The molecule has 16 heavy (non-hydrogen) atoms. The summed E-state index contributed by atoms with van der Waals surface area (Å²) in [5.74, 6) is -0.542. The van der Waals surface area contributed by atoms with Gasteiger partial charge in [0.1, 0.15) is 0 Å². The highest BCUT2D eigenvalue weighted by Crippen LogP contribution is 2.23. The van der Waals surface area contributed by atoms with Gasteiger partial charge in [-0.1, -0.05) is 11.6 Å². The summed E-state index contributed by atoms with van der Waals surface area (Å²) in [6.07, 6.45) is 0. The van der Waals surface area contributed by atoms with Gasteiger partial charge in [-0.3, -0.25) is 0 Å². The van der Waals surface area contributed by atoms with E-state index in [-0.39, 0.29) is 23.7 Å². The summed E-state index contributed by atoms with van der Waals surface area (Å²) in [7, 11) is 0. The van der Waals surface area contributed by atoms with Crippen LogP contribution in [-0.2, 0) is 11.3 Å². The molecule has 5 heteroatoms. The maximum atomic E-state index is 11.5. The molecule has 1 aromatic rings. The molecule has 0 fully saturated rings. The average molecular weight is 239 g/mol. The fourth-order valence-corrected chi connectivity index (χ4v) is 1.52. The first kappa shape index (κ1) is 12.5. The zero-order valence-electron chi connectivity index (χ0n) is 8.79. The number of nitrogens with zero attached hydrogens (tertiary/aromatic N) is 1. The van der Waals surface area contributed by atoms with Crippen molar-refractivity contribution >= 4 is 17.6 Å². The van der Waals surface area contributed by atoms with Gasteiger partial charge in [0.15, 0.2) is 0 Å². The van der Waals surface area contributed by atoms with E-state index in [1.165, 1.54) is 6.07 Å². The highest BCUT2D eigenvalue weighted by Gasteiger charge is 2.15. The number of nitrogens with two attached hydrogens (primary N) is 1. The first-order valence-electron chi connectivity index (χ1n) is 4.73. The fraction of sp³-hybridized carbons (Fsp3) is 0.273. The third-order valence-corrected chi connectivity index (χ3v) is 2.44. The van der Waals surface area contributed by atoms with Gasteiger partial charge in [-0.15, -0.1) is 0 Å². The van der Waals surface area contributed by atoms with Crippen LogP contribution in [0.1, 0.15) is 28.4 Å². The number of hydrogen-bond acceptors (Lipinski definition) is 4. The van der Waals surface area contributed by atoms with Crippen molar-refractivity contribution in [3.8, 4) is 6.07 Å². The van der Waals surface area contributed by atoms with E-state index >= 15 is 0 Å². The van der Waals surface area contributed by atoms with Crippen LogP contribution < -0.4 is 5.73 Å². The van der Waals surface area contributed by atoms with Crippen LogP contribution >= 0.6 is 11.6 Å². The minimum Gasteiger partial charge on any atom is -0.462 e. The van der Waals surface area contributed by atoms with Gasteiger partial charge in [0, 0.05) is 6.54 Å². The zero-order valence-corrected chi connectivity index (χ0v) is 9.54. The zero-order chi connectivity index (χ0) is 12.1. The maximum Gasteiger partial charge on any atom is 0.339 e. The van der Waals surface area contributed by atoms with Crippen molar-refractivity contribution in [3.05, 3.63) is 33.8 Å². The smallest absolute Gasteiger partial charge is 0.339 e. The Labute approximate surface area is 98.6 Å². The topological polar surface area (TPSA) is 76.1 Å². The van der Waals surface area contributed by atoms with Gasteiger partial charge in [-0.25, -0.2) is 4.79 Å². The molecule has 0 amide bonds. The van der Waals surface area contributed by atoms with Crippen LogP contribution in [0.2, 0.25) is 5.02 Å². The molecule has 0 heterocycles. The van der Waals surface area contributed by atoms with Crippen LogP contribution in [0, 0.1) is 11.3 Å². The molecule has 1 aromatic carbocycles. The highest BCUT2D eigenvalue weighted by molar-refractivity contribution is 6.34. The monoisotopic (exact) mass is 238 g/mol. The van der Waals surface area contributed by atoms with Crippen LogP contribution in [0.5, 0.6) is 0 Å². The molecule has 0 aromatic heterocycles. The summed E-state index contributed by atoms with van der Waals surface area (Å²) in [6.45, 7) is 2.12. The number of esters is 1. The molecule has 2 N–H and O–H groups in total. The molecule has 0 bridgehead atoms. The van der Waals surface area contributed by atoms with Gasteiger partial charge in [0.05, 0.1) is 28.8 Å². The standard InChI is InChI=1S/C11H11ClN2O2/c1-2-16-11(15)9-4-7(5-13)3-8(6-14)10(9)12/h3-4H,2,6,14H2,1H3. The molecule has 0 spiro atoms. The van der Waals surface area contributed by atoms with E-state index in [4.69, 9.17) is 27.3 Å². The van der Waals surface area contributed by atoms with Crippen molar-refractivity contribution in [2.45, 2.75) is 13.5 Å². The van der Waals surface area contributed by atoms with Crippen molar-refractivity contribution < 1.29 is 9.53 Å². The number of ether oxygens (including phenoxy) is 1. The van der Waals surface area contributed by atoms with Crippen molar-refractivity contribution in [1.29, 1.82) is 5.26 Å². The first-order valence-corrected chi connectivity index (χ1v) is 5.11. The Hall–Kier alpha value is -1.57. The fourth-order valence-electron chi connectivity index (χ4n) is 1.26. The molecule has 0 radical (unpaired) electrons. The van der Waals surface area contributed by atoms with Gasteiger partial charge < -0.3 is 10.5 Å². The Bertz CT molecular complexity index is 452. The predicted molar refractivity (Wildman–Crippen MR) is 60.0 cm³/mol. The molecular weight excluding hydrogens is 228 g/mol. The van der Waals surface area contributed by atoms with E-state index < -0.39 is 5.97 Å². The van der Waals surface area contributed by atoms with E-state index in [2.05, 4.69) is 0 Å². The molecule has 0 unspecified atom stereocenters. The van der Waals surface area contributed by atoms with Crippen molar-refractivity contribution in [3.63, 3.8) is 0 Å². The highest BCUT2D eigenvalue weighted by atomic mass is 35.5. The SMILES string of the molecule is CCOC(=O)c1cc(C#N)cc(CN)c1Cl. The lowest BCUT2D eigenvalue weighted by Crippen LogP contribution is -2.08. The quantitative estimate of drug-likeness (QED) is 0.816. The van der Waals surface area contributed by atoms with Crippen LogP contribution in [0.3, 0.4) is 0 Å². The Morgan fingerprint density at radius 2 is 2.31 bits per heavy atom. The molecule has 84 valence electrons. The number of carbonyl (C=O) groups excluding carboxylic acids is 1. The molecule has 0 aliphatic heterocycles. The van der Waals surface area contributed by atoms with Gasteiger partial charge >= 0.3 is 5.97 Å². The lowest BCUT2D eigenvalue weighted by molar-refractivity contribution is 0.0526. The van der Waals surface area contributed by atoms with Crippen molar-refractivity contribution in [2.75, 3.05) is 6.61 Å². The lowest BCUT2D eigenvalue weighted by atomic mass is 10.1. The van der Waals surface area contributed by atoms with Gasteiger partial charge in [-0.05, 0) is 24.6 Å². The third-order valence-electron chi connectivity index (χ3n) is 1.99. The maximum absolute atomic E-state index is 11.5. The van der Waals surface area contributed by atoms with Crippen LogP contribution in [-0.4, -0.2) is 12.6 Å². The Balaban J connectivity index is 3.27. The Morgan fingerprint density at radius 1 is 1.62 bits per heavy atom. The second-order valence-corrected chi connectivity index (χ2v) is 3.41. The average Bonchev–Trinajstić information content (AvgIpc) is 2.29. The molecular formula is C11H11ClN2O2. The minimum atomic E-state index is -0.542. The number of benzene rings is 1. The van der Waals surface area contributed by atoms with Crippen LogP contribution in [0.25, 0.3) is 0 Å². The van der Waals surface area contributed by atoms with Gasteiger partial charge in [0.25, 0.3) is 0 Å². The van der Waals surface area contributed by atoms with Crippen molar-refractivity contribution in [2.24, 2.45) is 5.73 Å². The van der Waals surface area contributed by atoms with E-state index in [1.54, 1.807) is 13.0 Å². The molecule has 0 aliphatic rings. The molecule has 0 saturated heterocycles. The van der Waals surface area contributed by atoms with E-state index in [0.29, 0.717) is 11.1 Å². The molecule has 1 rings (SSSR count). The van der Waals surface area contributed by atoms with Crippen molar-refractivity contribution in [1.82, 2.24) is 0 Å². The second-order valence-electron chi connectivity index (χ2n) is 3.03. The number of hydrogen-bond donors (Lipinski definition) is 1. The Kier molecular flexibility index (Phi) is 4.29. The molecule has 0 atom stereocenters. The van der Waals surface area contributed by atoms with Gasteiger partial charge in [0.2, 0.25) is 0 Å². The minimum absolute atomic E-state index is 0.167. The van der Waals surface area contributed by atoms with Crippen LogP contribution in [0.15, 0.2) is 12.1 Å². The van der Waals surface area contributed by atoms with Crippen LogP contribution in [0.4, 0.5) is 0 Å². The van der Waals surface area contributed by atoms with Gasteiger partial charge in [-0.2, -0.15) is 5.26 Å². The first-order chi connectivity index (χ1) is 7.63. The molecule has 0 saturated carbocycles. The largest absolute Gasteiger partial charge is 0.462 e. The summed E-state index contributed by atoms with van der Waals surface area (Å²) >= 11 is 5.98. The lowest BCUT2D eigenvalue weighted by Gasteiger charge is -2.08. The third kappa shape index (κ3) is 2.51. The summed E-state index contributed by atoms with van der Waals surface area (Å²) < 4.78 is 4.83. The normalized spacial score (nSPS) is 9.62. The summed E-state index contributed by atoms with van der Waals surface area (Å²) in [5.41, 5.74) is 6.55. The van der Waals surface area contributed by atoms with E-state index in [0.717, 1.165) is 0 Å². The summed E-state index contributed by atoms with van der Waals surface area (Å²) in [4.78, 5) is 11.5. The Morgan fingerprint density at radius 3 is 2.81 bits per heavy atom. The number of nitriles is 1. The summed E-state index contributed by atoms with van der Waals surface area (Å²) in [6, 6.07) is 4.91. The van der Waals surface area contributed by atoms with E-state index in [1.807, 2.05) is 6.07 Å².